The van der Waals surface area contributed by atoms with Crippen molar-refractivity contribution in [2.24, 2.45) is 0 Å². The third-order valence-electron chi connectivity index (χ3n) is 2.90. The Morgan fingerprint density at radius 3 is 2.68 bits per heavy atom. The average Bonchev–Trinajstić information content (AvgIpc) is 2.77. The molecule has 0 fully saturated rings. The van der Waals surface area contributed by atoms with Crippen LogP contribution in [0.2, 0.25) is 5.02 Å². The monoisotopic (exact) mass is 354 g/mol. The summed E-state index contributed by atoms with van der Waals surface area (Å²) in [4.78, 5) is 4.54. The van der Waals surface area contributed by atoms with Crippen molar-refractivity contribution in [3.8, 4) is 5.69 Å². The third-order valence-corrected chi connectivity index (χ3v) is 3.95. The lowest BCUT2D eigenvalue weighted by Crippen LogP contribution is -1.99. The number of nitrogens with zero attached hydrogens (tertiary/aromatic N) is 2. The molecule has 0 aliphatic carbocycles. The number of hydrogen-bond acceptors (Lipinski definition) is 1. The molecule has 0 saturated heterocycles. The van der Waals surface area contributed by atoms with Crippen molar-refractivity contribution in [1.82, 2.24) is 9.55 Å². The Hall–Kier alpha value is -1.03. The van der Waals surface area contributed by atoms with Crippen molar-refractivity contribution in [3.63, 3.8) is 0 Å². The number of imidazole rings is 1. The van der Waals surface area contributed by atoms with Gasteiger partial charge in [-0.05, 0) is 30.3 Å². The average molecular weight is 356 g/mol. The minimum atomic E-state index is 0.331. The first-order valence-corrected chi connectivity index (χ1v) is 7.39. The minimum absolute atomic E-state index is 0.331. The SMILES string of the molecule is ClCc1nc2ccc(Br)cc2n1-c1ccccc1Cl. The molecule has 0 saturated carbocycles. The van der Waals surface area contributed by atoms with E-state index in [1.54, 1.807) is 0 Å². The standard InChI is InChI=1S/C14H9BrCl2N2/c15-9-5-6-11-13(7-9)19(14(8-16)18-11)12-4-2-1-3-10(12)17/h1-7H,8H2. The summed E-state index contributed by atoms with van der Waals surface area (Å²) >= 11 is 15.8. The summed E-state index contributed by atoms with van der Waals surface area (Å²) in [6, 6.07) is 13.6. The van der Waals surface area contributed by atoms with Gasteiger partial charge in [-0.25, -0.2) is 4.98 Å². The van der Waals surface area contributed by atoms with Gasteiger partial charge in [-0.3, -0.25) is 4.57 Å². The van der Waals surface area contributed by atoms with Crippen molar-refractivity contribution < 1.29 is 0 Å². The molecule has 0 aliphatic heterocycles. The highest BCUT2D eigenvalue weighted by atomic mass is 79.9. The van der Waals surface area contributed by atoms with Crippen LogP contribution in [0.25, 0.3) is 16.7 Å². The van der Waals surface area contributed by atoms with Crippen LogP contribution in [0.3, 0.4) is 0 Å². The summed E-state index contributed by atoms with van der Waals surface area (Å²) in [6.07, 6.45) is 0. The molecule has 0 N–H and O–H groups in total. The van der Waals surface area contributed by atoms with Crippen LogP contribution in [0.4, 0.5) is 0 Å². The lowest BCUT2D eigenvalue weighted by molar-refractivity contribution is 0.982. The zero-order valence-corrected chi connectivity index (χ0v) is 12.9. The van der Waals surface area contributed by atoms with Crippen LogP contribution in [0, 0.1) is 0 Å². The van der Waals surface area contributed by atoms with Crippen LogP contribution in [-0.4, -0.2) is 9.55 Å². The molecule has 3 rings (SSSR count). The van der Waals surface area contributed by atoms with E-state index in [0.717, 1.165) is 27.0 Å². The van der Waals surface area contributed by atoms with E-state index in [9.17, 15) is 0 Å². The zero-order valence-electron chi connectivity index (χ0n) is 9.78. The van der Waals surface area contributed by atoms with Gasteiger partial charge in [0.15, 0.2) is 0 Å². The molecular formula is C14H9BrCl2N2. The first-order chi connectivity index (χ1) is 9.20. The van der Waals surface area contributed by atoms with E-state index in [0.29, 0.717) is 10.9 Å². The summed E-state index contributed by atoms with van der Waals surface area (Å²) in [6.45, 7) is 0. The summed E-state index contributed by atoms with van der Waals surface area (Å²) in [5.74, 6) is 1.11. The van der Waals surface area contributed by atoms with Crippen LogP contribution in [0.1, 0.15) is 5.82 Å². The van der Waals surface area contributed by atoms with Gasteiger partial charge in [-0.15, -0.1) is 11.6 Å². The van der Waals surface area contributed by atoms with E-state index in [1.807, 2.05) is 47.0 Å². The second kappa shape index (κ2) is 5.16. The Morgan fingerprint density at radius 2 is 1.95 bits per heavy atom. The summed E-state index contributed by atoms with van der Waals surface area (Å²) in [5, 5.41) is 0.674. The molecule has 5 heteroatoms. The number of para-hydroxylation sites is 1. The number of alkyl halides is 1. The van der Waals surface area contributed by atoms with E-state index in [1.165, 1.54) is 0 Å². The van der Waals surface area contributed by atoms with Gasteiger partial charge in [-0.2, -0.15) is 0 Å². The Kier molecular flexibility index (Phi) is 3.52. The van der Waals surface area contributed by atoms with Gasteiger partial charge < -0.3 is 0 Å². The molecule has 0 unspecified atom stereocenters. The van der Waals surface area contributed by atoms with Gasteiger partial charge in [0, 0.05) is 4.47 Å². The fraction of sp³-hybridized carbons (Fsp3) is 0.0714. The quantitative estimate of drug-likeness (QED) is 0.579. The molecule has 3 aromatic rings. The molecule has 96 valence electrons. The Balaban J connectivity index is 2.38. The lowest BCUT2D eigenvalue weighted by Gasteiger charge is -2.09. The van der Waals surface area contributed by atoms with Crippen molar-refractivity contribution in [1.29, 1.82) is 0 Å². The third kappa shape index (κ3) is 2.27. The van der Waals surface area contributed by atoms with Gasteiger partial charge in [0.25, 0.3) is 0 Å². The maximum Gasteiger partial charge on any atom is 0.129 e. The van der Waals surface area contributed by atoms with Crippen molar-refractivity contribution >= 4 is 50.2 Å². The maximum absolute atomic E-state index is 6.28. The first-order valence-electron chi connectivity index (χ1n) is 5.68. The van der Waals surface area contributed by atoms with Crippen LogP contribution in [0.5, 0.6) is 0 Å². The summed E-state index contributed by atoms with van der Waals surface area (Å²) in [5.41, 5.74) is 2.78. The maximum atomic E-state index is 6.28. The van der Waals surface area contributed by atoms with E-state index in [-0.39, 0.29) is 0 Å². The number of aromatic nitrogens is 2. The first kappa shape index (κ1) is 13.0. The molecule has 0 radical (unpaired) electrons. The Morgan fingerprint density at radius 1 is 1.16 bits per heavy atom. The summed E-state index contributed by atoms with van der Waals surface area (Å²) < 4.78 is 2.99. The largest absolute Gasteiger partial charge is 0.294 e. The second-order valence-corrected chi connectivity index (χ2v) is 5.67. The van der Waals surface area contributed by atoms with Crippen molar-refractivity contribution in [2.75, 3.05) is 0 Å². The predicted molar refractivity (Wildman–Crippen MR) is 83.3 cm³/mol. The van der Waals surface area contributed by atoms with Crippen LogP contribution in [0.15, 0.2) is 46.9 Å². The van der Waals surface area contributed by atoms with E-state index in [2.05, 4.69) is 20.9 Å². The lowest BCUT2D eigenvalue weighted by atomic mass is 10.3. The van der Waals surface area contributed by atoms with E-state index in [4.69, 9.17) is 23.2 Å². The molecule has 0 bridgehead atoms. The molecule has 2 aromatic carbocycles. The molecular weight excluding hydrogens is 347 g/mol. The molecule has 19 heavy (non-hydrogen) atoms. The van der Waals surface area contributed by atoms with Gasteiger partial charge in [0.1, 0.15) is 5.82 Å². The number of fused-ring (bicyclic) bond motifs is 1. The number of hydrogen-bond donors (Lipinski definition) is 0. The summed E-state index contributed by atoms with van der Waals surface area (Å²) in [7, 11) is 0. The number of benzene rings is 2. The van der Waals surface area contributed by atoms with Crippen LogP contribution in [-0.2, 0) is 5.88 Å². The molecule has 0 amide bonds. The topological polar surface area (TPSA) is 17.8 Å². The minimum Gasteiger partial charge on any atom is -0.294 e. The molecule has 0 atom stereocenters. The highest BCUT2D eigenvalue weighted by molar-refractivity contribution is 9.10. The zero-order chi connectivity index (χ0) is 13.4. The van der Waals surface area contributed by atoms with Crippen molar-refractivity contribution in [2.45, 2.75) is 5.88 Å². The van der Waals surface area contributed by atoms with Crippen molar-refractivity contribution in [3.05, 3.63) is 57.8 Å². The number of halogens is 3. The highest BCUT2D eigenvalue weighted by Crippen LogP contribution is 2.29. The Labute approximate surface area is 129 Å². The van der Waals surface area contributed by atoms with Crippen LogP contribution < -0.4 is 0 Å². The molecule has 1 heterocycles. The van der Waals surface area contributed by atoms with Gasteiger partial charge >= 0.3 is 0 Å². The molecule has 0 spiro atoms. The fourth-order valence-corrected chi connectivity index (χ4v) is 2.84. The van der Waals surface area contributed by atoms with Gasteiger partial charge in [-0.1, -0.05) is 39.7 Å². The van der Waals surface area contributed by atoms with E-state index < -0.39 is 0 Å². The molecule has 0 aliphatic rings. The van der Waals surface area contributed by atoms with E-state index >= 15 is 0 Å². The second-order valence-electron chi connectivity index (χ2n) is 4.08. The molecule has 1 aromatic heterocycles. The highest BCUT2D eigenvalue weighted by Gasteiger charge is 2.13. The normalized spacial score (nSPS) is 11.1. The van der Waals surface area contributed by atoms with Gasteiger partial charge in [0.05, 0.1) is 27.6 Å². The van der Waals surface area contributed by atoms with Gasteiger partial charge in [0.2, 0.25) is 0 Å². The smallest absolute Gasteiger partial charge is 0.129 e. The Bertz CT molecular complexity index is 752. The number of rotatable bonds is 2. The van der Waals surface area contributed by atoms with Crippen LogP contribution >= 0.6 is 39.1 Å². The molecule has 2 nitrogen and oxygen atoms in total. The fourth-order valence-electron chi connectivity index (χ4n) is 2.09. The predicted octanol–water partition coefficient (Wildman–Crippen LogP) is 5.18.